The van der Waals surface area contributed by atoms with Crippen molar-refractivity contribution in [2.45, 2.75) is 57.7 Å². The lowest BCUT2D eigenvalue weighted by Crippen LogP contribution is -2.70. The van der Waals surface area contributed by atoms with Crippen LogP contribution >= 0.6 is 0 Å². The molecule has 2 aromatic rings. The van der Waals surface area contributed by atoms with E-state index in [1.165, 1.54) is 34.7 Å². The largest absolute Gasteiger partial charge is 0.444 e. The van der Waals surface area contributed by atoms with Crippen molar-refractivity contribution in [1.82, 2.24) is 14.7 Å². The summed E-state index contributed by atoms with van der Waals surface area (Å²) in [4.78, 5) is 43.6. The standard InChI is InChI=1S/C28H29F6N3O5.C4H11N/c1-41-9-5-8-35-15-23-36(16-24(35)38)25(39)20(10-18-6-3-2-4-7-18)14-37(23)26(40)42-17-19-11-21(27(29,30)31)13-22(12-19)28(32,33)34;1-2-3-4-5/h2-4,6-7,11-13,20,23H,5,8-10,14-17H2,1H3;2-5H2,1H3/t20-,23?;/m1./s1. The van der Waals surface area contributed by atoms with E-state index < -0.39 is 53.8 Å². The average Bonchev–Trinajstić information content (AvgIpc) is 3.02. The molecule has 2 atom stereocenters. The number of benzene rings is 2. The van der Waals surface area contributed by atoms with E-state index in [2.05, 4.69) is 6.92 Å². The van der Waals surface area contributed by atoms with Crippen LogP contribution in [0.2, 0.25) is 0 Å². The van der Waals surface area contributed by atoms with Crippen LogP contribution in [0.5, 0.6) is 0 Å². The lowest BCUT2D eigenvalue weighted by molar-refractivity contribution is -0.164. The molecule has 0 radical (unpaired) electrons. The number of amides is 3. The summed E-state index contributed by atoms with van der Waals surface area (Å²) >= 11 is 0. The number of fused-ring (bicyclic) bond motifs is 1. The maximum absolute atomic E-state index is 13.4. The Morgan fingerprint density at radius 1 is 0.936 bits per heavy atom. The van der Waals surface area contributed by atoms with E-state index in [4.69, 9.17) is 15.2 Å². The molecule has 9 nitrogen and oxygen atoms in total. The minimum atomic E-state index is -5.06. The summed E-state index contributed by atoms with van der Waals surface area (Å²) in [6.45, 7) is 2.32. The first-order valence-electron chi connectivity index (χ1n) is 15.2. The van der Waals surface area contributed by atoms with E-state index in [1.54, 1.807) is 30.3 Å². The van der Waals surface area contributed by atoms with Crippen LogP contribution < -0.4 is 5.73 Å². The van der Waals surface area contributed by atoms with E-state index in [9.17, 15) is 40.7 Å². The van der Waals surface area contributed by atoms with Crippen LogP contribution in [-0.2, 0) is 44.4 Å². The monoisotopic (exact) mass is 674 g/mol. The molecule has 2 aliphatic heterocycles. The maximum Gasteiger partial charge on any atom is 0.416 e. The first kappa shape index (κ1) is 37.6. The molecule has 2 aliphatic rings. The van der Waals surface area contributed by atoms with E-state index in [-0.39, 0.29) is 43.9 Å². The number of carbonyl (C=O) groups excluding carboxylic acids is 3. The highest BCUT2D eigenvalue weighted by Crippen LogP contribution is 2.36. The van der Waals surface area contributed by atoms with Gasteiger partial charge in [0.05, 0.1) is 23.6 Å². The molecule has 15 heteroatoms. The van der Waals surface area contributed by atoms with Crippen LogP contribution in [0.4, 0.5) is 31.1 Å². The van der Waals surface area contributed by atoms with Gasteiger partial charge in [-0.05, 0) is 55.1 Å². The summed E-state index contributed by atoms with van der Waals surface area (Å²) in [5.41, 5.74) is 2.38. The van der Waals surface area contributed by atoms with Crippen molar-refractivity contribution >= 4 is 17.9 Å². The fourth-order valence-electron chi connectivity index (χ4n) is 5.31. The van der Waals surface area contributed by atoms with Gasteiger partial charge < -0.3 is 25.0 Å². The molecule has 4 rings (SSSR count). The minimum Gasteiger partial charge on any atom is -0.444 e. The van der Waals surface area contributed by atoms with Crippen molar-refractivity contribution in [1.29, 1.82) is 0 Å². The Labute approximate surface area is 269 Å². The molecule has 1 unspecified atom stereocenters. The lowest BCUT2D eigenvalue weighted by atomic mass is 9.93. The first-order chi connectivity index (χ1) is 22.2. The number of hydrogen-bond donors (Lipinski definition) is 1. The van der Waals surface area contributed by atoms with Crippen LogP contribution in [0.1, 0.15) is 48.4 Å². The summed E-state index contributed by atoms with van der Waals surface area (Å²) in [6, 6.07) is 9.93. The van der Waals surface area contributed by atoms with Gasteiger partial charge in [0.2, 0.25) is 11.8 Å². The molecule has 2 saturated heterocycles. The van der Waals surface area contributed by atoms with Gasteiger partial charge in [-0.15, -0.1) is 0 Å². The van der Waals surface area contributed by atoms with Crippen LogP contribution in [0.25, 0.3) is 0 Å². The van der Waals surface area contributed by atoms with Crippen molar-refractivity contribution < 1.29 is 50.2 Å². The van der Waals surface area contributed by atoms with Gasteiger partial charge in [0.25, 0.3) is 0 Å². The van der Waals surface area contributed by atoms with E-state index in [1.807, 2.05) is 0 Å². The van der Waals surface area contributed by atoms with Gasteiger partial charge in [-0.1, -0.05) is 43.7 Å². The van der Waals surface area contributed by atoms with Crippen LogP contribution in [-0.4, -0.2) is 85.2 Å². The number of methoxy groups -OCH3 is 1. The van der Waals surface area contributed by atoms with Gasteiger partial charge >= 0.3 is 18.4 Å². The Kier molecular flexibility index (Phi) is 13.5. The zero-order valence-electron chi connectivity index (χ0n) is 26.3. The van der Waals surface area contributed by atoms with Crippen LogP contribution in [0.15, 0.2) is 48.5 Å². The highest BCUT2D eigenvalue weighted by molar-refractivity contribution is 5.89. The van der Waals surface area contributed by atoms with Crippen molar-refractivity contribution in [2.24, 2.45) is 11.7 Å². The molecule has 2 N–H and O–H groups in total. The molecular weight excluding hydrogens is 634 g/mol. The zero-order chi connectivity index (χ0) is 34.8. The lowest BCUT2D eigenvalue weighted by Gasteiger charge is -2.50. The van der Waals surface area contributed by atoms with Crippen molar-refractivity contribution in [3.05, 3.63) is 70.8 Å². The Morgan fingerprint density at radius 3 is 2.11 bits per heavy atom. The molecule has 0 aromatic heterocycles. The zero-order valence-corrected chi connectivity index (χ0v) is 26.3. The third kappa shape index (κ3) is 10.6. The summed E-state index contributed by atoms with van der Waals surface area (Å²) in [5.74, 6) is -1.42. The third-order valence-electron chi connectivity index (χ3n) is 7.71. The number of hydrogen-bond acceptors (Lipinski definition) is 6. The van der Waals surface area contributed by atoms with Gasteiger partial charge in [-0.3, -0.25) is 14.5 Å². The molecule has 2 aromatic carbocycles. The van der Waals surface area contributed by atoms with E-state index in [0.717, 1.165) is 12.1 Å². The Balaban J connectivity index is 0.00000111. The van der Waals surface area contributed by atoms with Gasteiger partial charge in [-0.2, -0.15) is 26.3 Å². The fourth-order valence-corrected chi connectivity index (χ4v) is 5.31. The second kappa shape index (κ2) is 16.8. The Morgan fingerprint density at radius 2 is 1.57 bits per heavy atom. The topological polar surface area (TPSA) is 105 Å². The molecule has 260 valence electrons. The molecule has 47 heavy (non-hydrogen) atoms. The van der Waals surface area contributed by atoms with Crippen molar-refractivity contribution in [3.8, 4) is 0 Å². The van der Waals surface area contributed by atoms with Crippen molar-refractivity contribution in [2.75, 3.05) is 46.4 Å². The number of alkyl halides is 6. The van der Waals surface area contributed by atoms with Gasteiger partial charge in [-0.25, -0.2) is 4.79 Å². The summed E-state index contributed by atoms with van der Waals surface area (Å²) in [6.07, 6.45) is -8.95. The minimum absolute atomic E-state index is 0.00910. The Bertz CT molecular complexity index is 1310. The van der Waals surface area contributed by atoms with Crippen molar-refractivity contribution in [3.63, 3.8) is 0 Å². The maximum atomic E-state index is 13.4. The molecule has 0 bridgehead atoms. The highest BCUT2D eigenvalue weighted by atomic mass is 19.4. The van der Waals surface area contributed by atoms with E-state index >= 15 is 0 Å². The van der Waals surface area contributed by atoms with Gasteiger partial charge in [0, 0.05) is 26.8 Å². The molecule has 0 saturated carbocycles. The van der Waals surface area contributed by atoms with Crippen LogP contribution in [0.3, 0.4) is 0 Å². The normalized spacial score (nSPS) is 18.4. The number of ether oxygens (including phenoxy) is 2. The summed E-state index contributed by atoms with van der Waals surface area (Å²) in [5, 5.41) is 0. The van der Waals surface area contributed by atoms with Crippen LogP contribution in [0, 0.1) is 5.92 Å². The number of unbranched alkanes of at least 4 members (excludes halogenated alkanes) is 1. The SMILES string of the molecule is CCCCN.COCCCN1CC2N(C(=O)OCc3cc(C(F)(F)F)cc(C(F)(F)F)c3)C[C@@H](Cc3ccccc3)C(=O)N2CC1=O. The smallest absolute Gasteiger partial charge is 0.416 e. The molecule has 0 aliphatic carbocycles. The second-order valence-corrected chi connectivity index (χ2v) is 11.3. The molecule has 2 fully saturated rings. The summed E-state index contributed by atoms with van der Waals surface area (Å²) < 4.78 is 90.0. The fraction of sp³-hybridized carbons (Fsp3) is 0.531. The quantitative estimate of drug-likeness (QED) is 0.271. The number of nitrogens with zero attached hydrogens (tertiary/aromatic N) is 3. The predicted octanol–water partition coefficient (Wildman–Crippen LogP) is 5.31. The molecule has 0 spiro atoms. The third-order valence-corrected chi connectivity index (χ3v) is 7.71. The predicted molar refractivity (Wildman–Crippen MR) is 160 cm³/mol. The second-order valence-electron chi connectivity index (χ2n) is 11.3. The number of halogens is 6. The molecular formula is C32H40F6N4O5. The van der Waals surface area contributed by atoms with Gasteiger partial charge in [0.1, 0.15) is 19.3 Å². The molecule has 2 heterocycles. The molecule has 3 amide bonds. The highest BCUT2D eigenvalue weighted by Gasteiger charge is 2.47. The summed E-state index contributed by atoms with van der Waals surface area (Å²) in [7, 11) is 1.51. The number of carbonyl (C=O) groups is 3. The average molecular weight is 675 g/mol. The Hall–Kier alpha value is -3.85. The first-order valence-corrected chi connectivity index (χ1v) is 15.2. The van der Waals surface area contributed by atoms with E-state index in [0.29, 0.717) is 31.7 Å². The number of rotatable bonds is 10. The number of nitrogens with two attached hydrogens (primary N) is 1. The number of piperazine rings is 1. The van der Waals surface area contributed by atoms with Gasteiger partial charge in [0.15, 0.2) is 0 Å².